The smallest absolute Gasteiger partial charge is 0.262 e. The van der Waals surface area contributed by atoms with Crippen LogP contribution >= 0.6 is 0 Å². The van der Waals surface area contributed by atoms with Crippen LogP contribution < -0.4 is 15.8 Å². The van der Waals surface area contributed by atoms with Crippen molar-refractivity contribution in [2.24, 2.45) is 5.73 Å². The Hall–Kier alpha value is -2.91. The van der Waals surface area contributed by atoms with E-state index in [0.29, 0.717) is 22.6 Å². The standard InChI is InChI=1S/C18H21N3O5S/c1-12-4-9-15(27(24,25)21(2)3)10-16(12)20-17(22)11-26-14-7-5-13(6-8-14)18(19)23/h4-10H,11H2,1-3H3,(H2,19,23)(H,20,22). The van der Waals surface area contributed by atoms with Gasteiger partial charge >= 0.3 is 0 Å². The summed E-state index contributed by atoms with van der Waals surface area (Å²) in [4.78, 5) is 23.2. The fraction of sp³-hybridized carbons (Fsp3) is 0.222. The highest BCUT2D eigenvalue weighted by molar-refractivity contribution is 7.89. The number of hydrogen-bond acceptors (Lipinski definition) is 5. The topological polar surface area (TPSA) is 119 Å². The van der Waals surface area contributed by atoms with Crippen LogP contribution in [-0.2, 0) is 14.8 Å². The third-order valence-electron chi connectivity index (χ3n) is 3.77. The van der Waals surface area contributed by atoms with E-state index in [2.05, 4.69) is 5.32 Å². The molecule has 0 unspecified atom stereocenters. The van der Waals surface area contributed by atoms with Crippen molar-refractivity contribution in [3.8, 4) is 5.75 Å². The summed E-state index contributed by atoms with van der Waals surface area (Å²) in [6.07, 6.45) is 0. The molecule has 0 aliphatic carbocycles. The minimum absolute atomic E-state index is 0.0800. The Kier molecular flexibility index (Phi) is 6.19. The van der Waals surface area contributed by atoms with E-state index >= 15 is 0 Å². The molecule has 0 saturated heterocycles. The number of benzene rings is 2. The maximum absolute atomic E-state index is 12.2. The van der Waals surface area contributed by atoms with Crippen LogP contribution in [0, 0.1) is 6.92 Å². The lowest BCUT2D eigenvalue weighted by atomic mass is 10.2. The van der Waals surface area contributed by atoms with Crippen molar-refractivity contribution in [1.29, 1.82) is 0 Å². The SMILES string of the molecule is Cc1ccc(S(=O)(=O)N(C)C)cc1NC(=O)COc1ccc(C(N)=O)cc1. The van der Waals surface area contributed by atoms with E-state index < -0.39 is 21.8 Å². The molecule has 2 aromatic carbocycles. The molecule has 0 atom stereocenters. The van der Waals surface area contributed by atoms with Crippen LogP contribution in [0.1, 0.15) is 15.9 Å². The average Bonchev–Trinajstić information content (AvgIpc) is 2.61. The van der Waals surface area contributed by atoms with Gasteiger partial charge < -0.3 is 15.8 Å². The highest BCUT2D eigenvalue weighted by Gasteiger charge is 2.18. The predicted octanol–water partition coefficient (Wildman–Crippen LogP) is 1.36. The highest BCUT2D eigenvalue weighted by Crippen LogP contribution is 2.22. The number of hydrogen-bond donors (Lipinski definition) is 2. The van der Waals surface area contributed by atoms with Crippen molar-refractivity contribution in [1.82, 2.24) is 4.31 Å². The number of carbonyl (C=O) groups is 2. The Bertz CT molecular complexity index is 953. The number of rotatable bonds is 7. The maximum Gasteiger partial charge on any atom is 0.262 e. The van der Waals surface area contributed by atoms with Gasteiger partial charge in [-0.2, -0.15) is 0 Å². The lowest BCUT2D eigenvalue weighted by Gasteiger charge is -2.14. The van der Waals surface area contributed by atoms with Crippen LogP contribution in [0.2, 0.25) is 0 Å². The molecule has 0 spiro atoms. The Morgan fingerprint density at radius 3 is 2.30 bits per heavy atom. The number of sulfonamides is 1. The zero-order valence-electron chi connectivity index (χ0n) is 15.2. The van der Waals surface area contributed by atoms with E-state index in [1.807, 2.05) is 0 Å². The van der Waals surface area contributed by atoms with Crippen LogP contribution in [0.15, 0.2) is 47.4 Å². The molecular weight excluding hydrogens is 370 g/mol. The van der Waals surface area contributed by atoms with E-state index in [9.17, 15) is 18.0 Å². The molecule has 0 heterocycles. The fourth-order valence-electron chi connectivity index (χ4n) is 2.16. The van der Waals surface area contributed by atoms with Gasteiger partial charge in [0.05, 0.1) is 4.90 Å². The molecule has 0 fully saturated rings. The number of aryl methyl sites for hydroxylation is 1. The van der Waals surface area contributed by atoms with Crippen LogP contribution in [-0.4, -0.2) is 45.2 Å². The van der Waals surface area contributed by atoms with Gasteiger partial charge in [0.2, 0.25) is 15.9 Å². The number of carbonyl (C=O) groups excluding carboxylic acids is 2. The van der Waals surface area contributed by atoms with Crippen molar-refractivity contribution in [3.63, 3.8) is 0 Å². The molecule has 9 heteroatoms. The van der Waals surface area contributed by atoms with E-state index in [1.54, 1.807) is 13.0 Å². The maximum atomic E-state index is 12.2. The van der Waals surface area contributed by atoms with Crippen LogP contribution in [0.25, 0.3) is 0 Å². The summed E-state index contributed by atoms with van der Waals surface area (Å²) >= 11 is 0. The number of nitrogens with two attached hydrogens (primary N) is 1. The third kappa shape index (κ3) is 5.05. The van der Waals surface area contributed by atoms with Gasteiger partial charge in [-0.1, -0.05) is 6.07 Å². The molecule has 0 saturated carbocycles. The van der Waals surface area contributed by atoms with Gasteiger partial charge in [0.1, 0.15) is 5.75 Å². The summed E-state index contributed by atoms with van der Waals surface area (Å²) in [5, 5.41) is 2.64. The van der Waals surface area contributed by atoms with Gasteiger partial charge in [-0.05, 0) is 48.9 Å². The Morgan fingerprint density at radius 2 is 1.74 bits per heavy atom. The van der Waals surface area contributed by atoms with Gasteiger partial charge in [-0.25, -0.2) is 12.7 Å². The molecular formula is C18H21N3O5S. The molecule has 8 nitrogen and oxygen atoms in total. The number of nitrogens with one attached hydrogen (secondary N) is 1. The Balaban J connectivity index is 2.06. The minimum atomic E-state index is -3.61. The monoisotopic (exact) mass is 391 g/mol. The van der Waals surface area contributed by atoms with Crippen LogP contribution in [0.3, 0.4) is 0 Å². The number of amides is 2. The fourth-order valence-corrected chi connectivity index (χ4v) is 3.09. The van der Waals surface area contributed by atoms with E-state index in [-0.39, 0.29) is 11.5 Å². The van der Waals surface area contributed by atoms with Gasteiger partial charge in [0.15, 0.2) is 6.61 Å². The van der Waals surface area contributed by atoms with Gasteiger partial charge in [0, 0.05) is 25.3 Å². The summed E-state index contributed by atoms with van der Waals surface area (Å²) in [5.74, 6) is -0.602. The zero-order chi connectivity index (χ0) is 20.2. The molecule has 27 heavy (non-hydrogen) atoms. The first-order valence-corrected chi connectivity index (χ1v) is 9.41. The molecule has 0 aromatic heterocycles. The molecule has 0 radical (unpaired) electrons. The van der Waals surface area contributed by atoms with Crippen LogP contribution in [0.4, 0.5) is 5.69 Å². The predicted molar refractivity (Wildman–Crippen MR) is 101 cm³/mol. The second-order valence-electron chi connectivity index (χ2n) is 5.99. The molecule has 0 bridgehead atoms. The number of ether oxygens (including phenoxy) is 1. The molecule has 2 amide bonds. The Morgan fingerprint density at radius 1 is 1.11 bits per heavy atom. The first-order valence-electron chi connectivity index (χ1n) is 7.97. The molecule has 0 aliphatic heterocycles. The summed E-state index contributed by atoms with van der Waals surface area (Å²) in [6.45, 7) is 1.48. The second kappa shape index (κ2) is 8.19. The highest BCUT2D eigenvalue weighted by atomic mass is 32.2. The van der Waals surface area contributed by atoms with Gasteiger partial charge in [0.25, 0.3) is 5.91 Å². The zero-order valence-corrected chi connectivity index (χ0v) is 16.0. The van der Waals surface area contributed by atoms with E-state index in [1.165, 1.54) is 50.5 Å². The summed E-state index contributed by atoms with van der Waals surface area (Å²) in [7, 11) is -0.735. The van der Waals surface area contributed by atoms with Gasteiger partial charge in [-0.3, -0.25) is 9.59 Å². The average molecular weight is 391 g/mol. The number of anilines is 1. The van der Waals surface area contributed by atoms with E-state index in [0.717, 1.165) is 4.31 Å². The summed E-state index contributed by atoms with van der Waals surface area (Å²) in [6, 6.07) is 10.6. The van der Waals surface area contributed by atoms with Crippen molar-refractivity contribution in [3.05, 3.63) is 53.6 Å². The molecule has 2 aromatic rings. The molecule has 3 N–H and O–H groups in total. The van der Waals surface area contributed by atoms with Crippen molar-refractivity contribution in [2.75, 3.05) is 26.0 Å². The molecule has 144 valence electrons. The third-order valence-corrected chi connectivity index (χ3v) is 5.58. The quantitative estimate of drug-likeness (QED) is 0.739. The van der Waals surface area contributed by atoms with Crippen molar-refractivity contribution in [2.45, 2.75) is 11.8 Å². The first-order chi connectivity index (χ1) is 12.6. The van der Waals surface area contributed by atoms with Crippen molar-refractivity contribution < 1.29 is 22.7 Å². The summed E-state index contributed by atoms with van der Waals surface area (Å²) < 4.78 is 30.9. The number of primary amides is 1. The first kappa shape index (κ1) is 20.4. The van der Waals surface area contributed by atoms with E-state index in [4.69, 9.17) is 10.5 Å². The second-order valence-corrected chi connectivity index (χ2v) is 8.14. The molecule has 2 rings (SSSR count). The minimum Gasteiger partial charge on any atom is -0.484 e. The Labute approximate surface area is 158 Å². The van der Waals surface area contributed by atoms with Crippen molar-refractivity contribution >= 4 is 27.5 Å². The lowest BCUT2D eigenvalue weighted by molar-refractivity contribution is -0.118. The van der Waals surface area contributed by atoms with Crippen LogP contribution in [0.5, 0.6) is 5.75 Å². The largest absolute Gasteiger partial charge is 0.484 e. The number of nitrogens with zero attached hydrogens (tertiary/aromatic N) is 1. The normalized spacial score (nSPS) is 11.3. The molecule has 0 aliphatic rings. The lowest BCUT2D eigenvalue weighted by Crippen LogP contribution is -2.23. The summed E-state index contributed by atoms with van der Waals surface area (Å²) in [5.41, 5.74) is 6.59. The van der Waals surface area contributed by atoms with Gasteiger partial charge in [-0.15, -0.1) is 0 Å².